The van der Waals surface area contributed by atoms with E-state index in [9.17, 15) is 9.59 Å². The fourth-order valence-electron chi connectivity index (χ4n) is 2.62. The van der Waals surface area contributed by atoms with E-state index in [4.69, 9.17) is 0 Å². The standard InChI is InChI=1S/C14H16N2O2/c17-13-6-4-10-9-11(3-5-12(10)15-13)14(18)16-7-1-2-8-16/h3,5,9H,1-2,4,6-8H2,(H,15,17). The lowest BCUT2D eigenvalue weighted by Gasteiger charge is -2.19. The topological polar surface area (TPSA) is 49.4 Å². The maximum Gasteiger partial charge on any atom is 0.253 e. The Morgan fingerprint density at radius 3 is 2.72 bits per heavy atom. The molecule has 0 atom stereocenters. The summed E-state index contributed by atoms with van der Waals surface area (Å²) in [5.74, 6) is 0.174. The highest BCUT2D eigenvalue weighted by atomic mass is 16.2. The molecular weight excluding hydrogens is 228 g/mol. The van der Waals surface area contributed by atoms with Crippen molar-refractivity contribution in [2.75, 3.05) is 18.4 Å². The van der Waals surface area contributed by atoms with E-state index in [0.717, 1.165) is 49.2 Å². The van der Waals surface area contributed by atoms with E-state index in [0.29, 0.717) is 6.42 Å². The zero-order chi connectivity index (χ0) is 12.5. The number of likely N-dealkylation sites (tertiary alicyclic amines) is 1. The van der Waals surface area contributed by atoms with Crippen LogP contribution in [0.1, 0.15) is 35.2 Å². The molecule has 0 aliphatic carbocycles. The summed E-state index contributed by atoms with van der Waals surface area (Å²) in [6.07, 6.45) is 3.44. The zero-order valence-corrected chi connectivity index (χ0v) is 10.2. The van der Waals surface area contributed by atoms with E-state index in [1.807, 2.05) is 23.1 Å². The lowest BCUT2D eigenvalue weighted by molar-refractivity contribution is -0.116. The Bertz CT molecular complexity index is 505. The second-order valence-electron chi connectivity index (χ2n) is 4.92. The molecule has 1 fully saturated rings. The number of fused-ring (bicyclic) bond motifs is 1. The largest absolute Gasteiger partial charge is 0.339 e. The molecule has 0 unspecified atom stereocenters. The van der Waals surface area contributed by atoms with Crippen molar-refractivity contribution in [2.24, 2.45) is 0 Å². The zero-order valence-electron chi connectivity index (χ0n) is 10.2. The van der Waals surface area contributed by atoms with E-state index in [1.165, 1.54) is 0 Å². The van der Waals surface area contributed by atoms with Crippen molar-refractivity contribution < 1.29 is 9.59 Å². The molecule has 0 spiro atoms. The molecule has 94 valence electrons. The molecule has 3 rings (SSSR count). The summed E-state index contributed by atoms with van der Waals surface area (Å²) >= 11 is 0. The molecule has 18 heavy (non-hydrogen) atoms. The number of nitrogens with one attached hydrogen (secondary N) is 1. The van der Waals surface area contributed by atoms with Gasteiger partial charge in [0.1, 0.15) is 0 Å². The third kappa shape index (κ3) is 1.98. The molecule has 2 heterocycles. The van der Waals surface area contributed by atoms with Crippen molar-refractivity contribution in [2.45, 2.75) is 25.7 Å². The molecule has 1 aromatic rings. The van der Waals surface area contributed by atoms with Gasteiger partial charge in [0.05, 0.1) is 0 Å². The number of hydrogen-bond acceptors (Lipinski definition) is 2. The lowest BCUT2D eigenvalue weighted by atomic mass is 10.00. The molecule has 1 N–H and O–H groups in total. The van der Waals surface area contributed by atoms with Gasteiger partial charge in [0.15, 0.2) is 0 Å². The fraction of sp³-hybridized carbons (Fsp3) is 0.429. The molecule has 0 bridgehead atoms. The van der Waals surface area contributed by atoms with Crippen molar-refractivity contribution in [1.82, 2.24) is 4.90 Å². The van der Waals surface area contributed by atoms with Crippen LogP contribution in [0.3, 0.4) is 0 Å². The van der Waals surface area contributed by atoms with E-state index >= 15 is 0 Å². The number of amides is 2. The quantitative estimate of drug-likeness (QED) is 0.819. The molecule has 1 saturated heterocycles. The number of nitrogens with zero attached hydrogens (tertiary/aromatic N) is 1. The van der Waals surface area contributed by atoms with Crippen LogP contribution in [0, 0.1) is 0 Å². The van der Waals surface area contributed by atoms with E-state index < -0.39 is 0 Å². The first-order valence-corrected chi connectivity index (χ1v) is 6.46. The van der Waals surface area contributed by atoms with Crippen molar-refractivity contribution in [3.05, 3.63) is 29.3 Å². The van der Waals surface area contributed by atoms with Gasteiger partial charge in [0.2, 0.25) is 5.91 Å². The average Bonchev–Trinajstić information content (AvgIpc) is 2.91. The average molecular weight is 244 g/mol. The Morgan fingerprint density at radius 1 is 1.17 bits per heavy atom. The fourth-order valence-corrected chi connectivity index (χ4v) is 2.62. The van der Waals surface area contributed by atoms with Gasteiger partial charge >= 0.3 is 0 Å². The molecule has 0 saturated carbocycles. The van der Waals surface area contributed by atoms with Crippen LogP contribution in [0.25, 0.3) is 0 Å². The molecule has 1 aromatic carbocycles. The first kappa shape index (κ1) is 11.3. The Labute approximate surface area is 106 Å². The maximum absolute atomic E-state index is 12.2. The highest BCUT2D eigenvalue weighted by molar-refractivity contribution is 5.98. The van der Waals surface area contributed by atoms with Crippen LogP contribution in [0.2, 0.25) is 0 Å². The molecule has 0 radical (unpaired) electrons. The van der Waals surface area contributed by atoms with Gasteiger partial charge in [-0.2, -0.15) is 0 Å². The summed E-state index contributed by atoms with van der Waals surface area (Å²) in [7, 11) is 0. The second-order valence-corrected chi connectivity index (χ2v) is 4.92. The Morgan fingerprint density at radius 2 is 1.94 bits per heavy atom. The minimum absolute atomic E-state index is 0.0566. The van der Waals surface area contributed by atoms with Gasteiger partial charge in [0, 0.05) is 30.8 Å². The van der Waals surface area contributed by atoms with Crippen molar-refractivity contribution in [1.29, 1.82) is 0 Å². The van der Waals surface area contributed by atoms with Gasteiger partial charge < -0.3 is 10.2 Å². The van der Waals surface area contributed by atoms with Gasteiger partial charge in [-0.1, -0.05) is 0 Å². The van der Waals surface area contributed by atoms with E-state index in [2.05, 4.69) is 5.32 Å². The van der Waals surface area contributed by atoms with Gasteiger partial charge in [-0.15, -0.1) is 0 Å². The third-order valence-corrected chi connectivity index (χ3v) is 3.64. The minimum Gasteiger partial charge on any atom is -0.339 e. The summed E-state index contributed by atoms with van der Waals surface area (Å²) in [6, 6.07) is 5.58. The van der Waals surface area contributed by atoms with Crippen LogP contribution in [0.15, 0.2) is 18.2 Å². The summed E-state index contributed by atoms with van der Waals surface area (Å²) < 4.78 is 0. The number of benzene rings is 1. The van der Waals surface area contributed by atoms with Crippen LogP contribution in [0.5, 0.6) is 0 Å². The predicted octanol–water partition coefficient (Wildman–Crippen LogP) is 1.81. The number of carbonyl (C=O) groups excluding carboxylic acids is 2. The van der Waals surface area contributed by atoms with E-state index in [1.54, 1.807) is 0 Å². The highest BCUT2D eigenvalue weighted by Gasteiger charge is 2.21. The number of aryl methyl sites for hydroxylation is 1. The monoisotopic (exact) mass is 244 g/mol. The normalized spacial score (nSPS) is 18.4. The van der Waals surface area contributed by atoms with Gasteiger partial charge in [-0.25, -0.2) is 0 Å². The molecule has 4 heteroatoms. The van der Waals surface area contributed by atoms with Crippen molar-refractivity contribution in [3.63, 3.8) is 0 Å². The molecule has 2 aliphatic heterocycles. The van der Waals surface area contributed by atoms with Crippen LogP contribution in [-0.4, -0.2) is 29.8 Å². The summed E-state index contributed by atoms with van der Waals surface area (Å²) in [4.78, 5) is 25.4. The Hall–Kier alpha value is -1.84. The van der Waals surface area contributed by atoms with Crippen LogP contribution >= 0.6 is 0 Å². The van der Waals surface area contributed by atoms with Crippen LogP contribution in [-0.2, 0) is 11.2 Å². The second kappa shape index (κ2) is 4.44. The summed E-state index contributed by atoms with van der Waals surface area (Å²) in [6.45, 7) is 1.74. The summed E-state index contributed by atoms with van der Waals surface area (Å²) in [5.41, 5.74) is 2.66. The number of anilines is 1. The molecule has 2 amide bonds. The Balaban J connectivity index is 1.85. The number of hydrogen-bond donors (Lipinski definition) is 1. The molecule has 4 nitrogen and oxygen atoms in total. The SMILES string of the molecule is O=C1CCc2cc(C(=O)N3CCCC3)ccc2N1. The van der Waals surface area contributed by atoms with Crippen molar-refractivity contribution in [3.8, 4) is 0 Å². The smallest absolute Gasteiger partial charge is 0.253 e. The van der Waals surface area contributed by atoms with Gasteiger partial charge in [-0.05, 0) is 43.0 Å². The summed E-state index contributed by atoms with van der Waals surface area (Å²) in [5, 5.41) is 2.83. The van der Waals surface area contributed by atoms with E-state index in [-0.39, 0.29) is 11.8 Å². The molecular formula is C14H16N2O2. The first-order valence-electron chi connectivity index (χ1n) is 6.46. The third-order valence-electron chi connectivity index (χ3n) is 3.64. The lowest BCUT2D eigenvalue weighted by Crippen LogP contribution is -2.28. The van der Waals surface area contributed by atoms with Crippen LogP contribution in [0.4, 0.5) is 5.69 Å². The molecule has 2 aliphatic rings. The highest BCUT2D eigenvalue weighted by Crippen LogP contribution is 2.24. The van der Waals surface area contributed by atoms with Gasteiger partial charge in [0.25, 0.3) is 5.91 Å². The Kier molecular flexibility index (Phi) is 2.78. The van der Waals surface area contributed by atoms with Crippen molar-refractivity contribution >= 4 is 17.5 Å². The maximum atomic E-state index is 12.2. The predicted molar refractivity (Wildman–Crippen MR) is 68.5 cm³/mol. The van der Waals surface area contributed by atoms with Crippen LogP contribution < -0.4 is 5.32 Å². The number of rotatable bonds is 1. The minimum atomic E-state index is 0.0566. The number of carbonyl (C=O) groups is 2. The van der Waals surface area contributed by atoms with Gasteiger partial charge in [-0.3, -0.25) is 9.59 Å². The molecule has 0 aromatic heterocycles. The first-order chi connectivity index (χ1) is 8.74.